The monoisotopic (exact) mass is 341 g/mol. The SMILES string of the molecule is Cc1nc(CNCc2cc(Br)cc([N+](=O)[O-])c2)cs1. The molecule has 0 saturated heterocycles. The zero-order valence-electron chi connectivity index (χ0n) is 10.2. The molecule has 1 aromatic carbocycles. The molecule has 2 aromatic rings. The molecule has 0 atom stereocenters. The number of nitro groups is 1. The van der Waals surface area contributed by atoms with Gasteiger partial charge in [0.1, 0.15) is 0 Å². The number of benzene rings is 1. The van der Waals surface area contributed by atoms with E-state index >= 15 is 0 Å². The first kappa shape index (κ1) is 14.1. The molecule has 0 aliphatic carbocycles. The molecular formula is C12H12BrN3O2S. The molecule has 19 heavy (non-hydrogen) atoms. The van der Waals surface area contributed by atoms with Gasteiger partial charge < -0.3 is 5.32 Å². The zero-order valence-corrected chi connectivity index (χ0v) is 12.6. The fourth-order valence-electron chi connectivity index (χ4n) is 1.67. The van der Waals surface area contributed by atoms with Crippen LogP contribution in [0.2, 0.25) is 0 Å². The lowest BCUT2D eigenvalue weighted by atomic mass is 10.2. The lowest BCUT2D eigenvalue weighted by Crippen LogP contribution is -2.13. The maximum Gasteiger partial charge on any atom is 0.270 e. The second-order valence-corrected chi connectivity index (χ2v) is 6.01. The number of rotatable bonds is 5. The van der Waals surface area contributed by atoms with Crippen molar-refractivity contribution in [2.24, 2.45) is 0 Å². The van der Waals surface area contributed by atoms with Crippen LogP contribution in [0.1, 0.15) is 16.3 Å². The molecule has 0 saturated carbocycles. The number of halogens is 1. The van der Waals surface area contributed by atoms with E-state index in [1.807, 2.05) is 18.4 Å². The zero-order chi connectivity index (χ0) is 13.8. The van der Waals surface area contributed by atoms with E-state index in [9.17, 15) is 10.1 Å². The Labute approximate surface area is 123 Å². The Balaban J connectivity index is 1.97. The molecule has 0 fully saturated rings. The first-order chi connectivity index (χ1) is 9.04. The first-order valence-corrected chi connectivity index (χ1v) is 7.27. The van der Waals surface area contributed by atoms with Crippen molar-refractivity contribution in [2.45, 2.75) is 20.0 Å². The fourth-order valence-corrected chi connectivity index (χ4v) is 2.81. The van der Waals surface area contributed by atoms with Gasteiger partial charge in [0.15, 0.2) is 0 Å². The molecule has 100 valence electrons. The summed E-state index contributed by atoms with van der Waals surface area (Å²) in [6.07, 6.45) is 0. The highest BCUT2D eigenvalue weighted by Gasteiger charge is 2.08. The van der Waals surface area contributed by atoms with Crippen LogP contribution in [0.15, 0.2) is 28.1 Å². The van der Waals surface area contributed by atoms with Crippen LogP contribution in [0.4, 0.5) is 5.69 Å². The van der Waals surface area contributed by atoms with Gasteiger partial charge in [0, 0.05) is 35.1 Å². The van der Waals surface area contributed by atoms with Crippen molar-refractivity contribution in [2.75, 3.05) is 0 Å². The second-order valence-electron chi connectivity index (χ2n) is 4.04. The molecule has 0 bridgehead atoms. The summed E-state index contributed by atoms with van der Waals surface area (Å²) < 4.78 is 0.711. The number of nitrogens with one attached hydrogen (secondary N) is 1. The van der Waals surface area contributed by atoms with E-state index in [0.717, 1.165) is 16.3 Å². The van der Waals surface area contributed by atoms with E-state index in [4.69, 9.17) is 0 Å². The minimum atomic E-state index is -0.391. The van der Waals surface area contributed by atoms with Crippen LogP contribution in [-0.4, -0.2) is 9.91 Å². The van der Waals surface area contributed by atoms with E-state index in [0.29, 0.717) is 17.6 Å². The lowest BCUT2D eigenvalue weighted by Gasteiger charge is -2.04. The molecular weight excluding hydrogens is 330 g/mol. The van der Waals surface area contributed by atoms with E-state index in [2.05, 4.69) is 26.2 Å². The topological polar surface area (TPSA) is 68.1 Å². The summed E-state index contributed by atoms with van der Waals surface area (Å²) in [5.74, 6) is 0. The minimum absolute atomic E-state index is 0.0932. The maximum absolute atomic E-state index is 10.8. The number of thiazole rings is 1. The van der Waals surface area contributed by atoms with E-state index in [-0.39, 0.29) is 5.69 Å². The first-order valence-electron chi connectivity index (χ1n) is 5.60. The smallest absolute Gasteiger partial charge is 0.270 e. The number of non-ortho nitro benzene ring substituents is 1. The Kier molecular flexibility index (Phi) is 4.62. The predicted octanol–water partition coefficient (Wildman–Crippen LogP) is 3.41. The van der Waals surface area contributed by atoms with E-state index < -0.39 is 4.92 Å². The van der Waals surface area contributed by atoms with Gasteiger partial charge in [-0.05, 0) is 18.6 Å². The molecule has 0 spiro atoms. The minimum Gasteiger partial charge on any atom is -0.307 e. The Bertz CT molecular complexity index is 600. The van der Waals surface area contributed by atoms with Gasteiger partial charge in [0.05, 0.1) is 15.6 Å². The van der Waals surface area contributed by atoms with Gasteiger partial charge in [-0.2, -0.15) is 0 Å². The molecule has 0 radical (unpaired) electrons. The summed E-state index contributed by atoms with van der Waals surface area (Å²) in [7, 11) is 0. The average Bonchev–Trinajstić information content (AvgIpc) is 2.74. The highest BCUT2D eigenvalue weighted by molar-refractivity contribution is 9.10. The third-order valence-electron chi connectivity index (χ3n) is 2.45. The van der Waals surface area contributed by atoms with Crippen LogP contribution >= 0.6 is 27.3 Å². The number of hydrogen-bond donors (Lipinski definition) is 1. The quantitative estimate of drug-likeness (QED) is 0.668. The van der Waals surface area contributed by atoms with Crippen molar-refractivity contribution in [1.82, 2.24) is 10.3 Å². The van der Waals surface area contributed by atoms with Crippen LogP contribution in [0.25, 0.3) is 0 Å². The van der Waals surface area contributed by atoms with Crippen LogP contribution < -0.4 is 5.32 Å². The van der Waals surface area contributed by atoms with Gasteiger partial charge in [-0.15, -0.1) is 11.3 Å². The van der Waals surface area contributed by atoms with Crippen LogP contribution in [0.3, 0.4) is 0 Å². The van der Waals surface area contributed by atoms with Crippen LogP contribution in [-0.2, 0) is 13.1 Å². The van der Waals surface area contributed by atoms with Crippen molar-refractivity contribution in [3.05, 3.63) is 54.4 Å². The van der Waals surface area contributed by atoms with Gasteiger partial charge in [-0.25, -0.2) is 4.98 Å². The molecule has 0 amide bonds. The third-order valence-corrected chi connectivity index (χ3v) is 3.74. The number of nitro benzene ring substituents is 1. The second kappa shape index (κ2) is 6.23. The third kappa shape index (κ3) is 4.09. The highest BCUT2D eigenvalue weighted by Crippen LogP contribution is 2.21. The summed E-state index contributed by atoms with van der Waals surface area (Å²) >= 11 is 4.89. The average molecular weight is 342 g/mol. The standard InChI is InChI=1S/C12H12BrN3O2S/c1-8-15-11(7-19-8)6-14-5-9-2-10(13)4-12(3-9)16(17)18/h2-4,7,14H,5-6H2,1H3. The molecule has 0 unspecified atom stereocenters. The van der Waals surface area contributed by atoms with Gasteiger partial charge in [-0.3, -0.25) is 10.1 Å². The van der Waals surface area contributed by atoms with Crippen molar-refractivity contribution in [3.63, 3.8) is 0 Å². The lowest BCUT2D eigenvalue weighted by molar-refractivity contribution is -0.385. The summed E-state index contributed by atoms with van der Waals surface area (Å²) in [6.45, 7) is 3.19. The number of hydrogen-bond acceptors (Lipinski definition) is 5. The fraction of sp³-hybridized carbons (Fsp3) is 0.250. The molecule has 1 aromatic heterocycles. The van der Waals surface area contributed by atoms with Gasteiger partial charge in [0.2, 0.25) is 0 Å². The molecule has 7 heteroatoms. The Morgan fingerprint density at radius 3 is 2.84 bits per heavy atom. The van der Waals surface area contributed by atoms with Gasteiger partial charge >= 0.3 is 0 Å². The molecule has 0 aliphatic heterocycles. The molecule has 0 aliphatic rings. The van der Waals surface area contributed by atoms with Crippen molar-refractivity contribution >= 4 is 33.0 Å². The molecule has 1 heterocycles. The Morgan fingerprint density at radius 1 is 1.42 bits per heavy atom. The summed E-state index contributed by atoms with van der Waals surface area (Å²) in [4.78, 5) is 14.7. The van der Waals surface area contributed by atoms with Crippen molar-refractivity contribution in [3.8, 4) is 0 Å². The van der Waals surface area contributed by atoms with E-state index in [1.54, 1.807) is 17.4 Å². The van der Waals surface area contributed by atoms with Crippen LogP contribution in [0, 0.1) is 17.0 Å². The van der Waals surface area contributed by atoms with Crippen molar-refractivity contribution < 1.29 is 4.92 Å². The van der Waals surface area contributed by atoms with E-state index in [1.165, 1.54) is 6.07 Å². The van der Waals surface area contributed by atoms with Crippen molar-refractivity contribution in [1.29, 1.82) is 0 Å². The number of nitrogens with zero attached hydrogens (tertiary/aromatic N) is 2. The van der Waals surface area contributed by atoms with Crippen LogP contribution in [0.5, 0.6) is 0 Å². The largest absolute Gasteiger partial charge is 0.307 e. The molecule has 5 nitrogen and oxygen atoms in total. The predicted molar refractivity (Wildman–Crippen MR) is 78.2 cm³/mol. The Morgan fingerprint density at radius 2 is 2.21 bits per heavy atom. The number of aromatic nitrogens is 1. The summed E-state index contributed by atoms with van der Waals surface area (Å²) in [6, 6.07) is 4.93. The maximum atomic E-state index is 10.8. The summed E-state index contributed by atoms with van der Waals surface area (Å²) in [5.41, 5.74) is 1.95. The van der Waals surface area contributed by atoms with Gasteiger partial charge in [0.25, 0.3) is 5.69 Å². The normalized spacial score (nSPS) is 10.6. The molecule has 2 rings (SSSR count). The highest BCUT2D eigenvalue weighted by atomic mass is 79.9. The number of aryl methyl sites for hydroxylation is 1. The summed E-state index contributed by atoms with van der Waals surface area (Å²) in [5, 5.41) is 17.0. The van der Waals surface area contributed by atoms with Gasteiger partial charge in [-0.1, -0.05) is 15.9 Å². The molecule has 1 N–H and O–H groups in total. The Hall–Kier alpha value is -1.31.